The van der Waals surface area contributed by atoms with E-state index < -0.39 is 5.82 Å². The Morgan fingerprint density at radius 3 is 2.67 bits per heavy atom. The van der Waals surface area contributed by atoms with Crippen molar-refractivity contribution in [3.05, 3.63) is 29.7 Å². The number of anilines is 1. The third-order valence-electron chi connectivity index (χ3n) is 2.64. The highest BCUT2D eigenvalue weighted by Crippen LogP contribution is 2.32. The number of halogens is 1. The smallest absolute Gasteiger partial charge is 0.165 e. The Balaban J connectivity index is 2.58. The third-order valence-corrected chi connectivity index (χ3v) is 2.64. The number of H-pyrrole nitrogens is 1. The van der Waals surface area contributed by atoms with Gasteiger partial charge < -0.3 is 15.2 Å². The fraction of sp³-hybridized carbons (Fsp3) is 0.250. The average molecular weight is 251 g/mol. The van der Waals surface area contributed by atoms with Crippen LogP contribution >= 0.6 is 0 Å². The molecule has 1 aromatic carbocycles. The number of aromatic amines is 1. The molecule has 0 radical (unpaired) electrons. The molecule has 1 heterocycles. The first kappa shape index (κ1) is 12.4. The van der Waals surface area contributed by atoms with Gasteiger partial charge in [-0.2, -0.15) is 5.10 Å². The molecule has 0 aliphatic carbocycles. The van der Waals surface area contributed by atoms with E-state index in [0.717, 1.165) is 5.56 Å². The Morgan fingerprint density at radius 1 is 1.33 bits per heavy atom. The van der Waals surface area contributed by atoms with Crippen LogP contribution in [0.1, 0.15) is 5.56 Å². The van der Waals surface area contributed by atoms with Gasteiger partial charge in [-0.1, -0.05) is 0 Å². The van der Waals surface area contributed by atoms with Crippen LogP contribution in [0.4, 0.5) is 10.2 Å². The van der Waals surface area contributed by atoms with Crippen LogP contribution in [0.25, 0.3) is 11.1 Å². The van der Waals surface area contributed by atoms with Crippen LogP contribution in [0.2, 0.25) is 0 Å². The maximum Gasteiger partial charge on any atom is 0.165 e. The Kier molecular flexibility index (Phi) is 3.47. The summed E-state index contributed by atoms with van der Waals surface area (Å²) in [5.41, 5.74) is 7.81. The highest BCUT2D eigenvalue weighted by Gasteiger charge is 2.14. The van der Waals surface area contributed by atoms with Crippen LogP contribution < -0.4 is 10.5 Å². The molecule has 0 fully saturated rings. The van der Waals surface area contributed by atoms with Crippen molar-refractivity contribution in [2.45, 2.75) is 6.61 Å². The monoisotopic (exact) mass is 251 g/mol. The summed E-state index contributed by atoms with van der Waals surface area (Å²) in [6.45, 7) is 0.330. The maximum atomic E-state index is 13.8. The number of hydrogen-bond donors (Lipinski definition) is 2. The molecule has 3 N–H and O–H groups in total. The van der Waals surface area contributed by atoms with Crippen molar-refractivity contribution in [3.8, 4) is 16.9 Å². The number of methoxy groups -OCH3 is 2. The second-order valence-electron chi connectivity index (χ2n) is 3.77. The lowest BCUT2D eigenvalue weighted by Crippen LogP contribution is -1.98. The van der Waals surface area contributed by atoms with E-state index in [1.54, 1.807) is 19.4 Å². The summed E-state index contributed by atoms with van der Waals surface area (Å²) in [6, 6.07) is 2.97. The first-order valence-electron chi connectivity index (χ1n) is 5.32. The summed E-state index contributed by atoms with van der Waals surface area (Å²) in [5.74, 6) is 0.109. The van der Waals surface area contributed by atoms with Crippen molar-refractivity contribution < 1.29 is 13.9 Å². The molecule has 0 spiro atoms. The van der Waals surface area contributed by atoms with Crippen molar-refractivity contribution in [2.75, 3.05) is 20.0 Å². The van der Waals surface area contributed by atoms with E-state index in [4.69, 9.17) is 15.2 Å². The van der Waals surface area contributed by atoms with Crippen LogP contribution in [0, 0.1) is 5.82 Å². The molecule has 6 heteroatoms. The molecule has 5 nitrogen and oxygen atoms in total. The summed E-state index contributed by atoms with van der Waals surface area (Å²) in [5, 5.41) is 6.44. The summed E-state index contributed by atoms with van der Waals surface area (Å²) < 4.78 is 23.8. The molecule has 18 heavy (non-hydrogen) atoms. The molecule has 0 bridgehead atoms. The van der Waals surface area contributed by atoms with Gasteiger partial charge in [-0.25, -0.2) is 4.39 Å². The molecule has 0 atom stereocenters. The van der Waals surface area contributed by atoms with E-state index in [9.17, 15) is 4.39 Å². The molecule has 0 saturated heterocycles. The molecule has 0 aliphatic rings. The Morgan fingerprint density at radius 2 is 2.11 bits per heavy atom. The number of hydrogen-bond acceptors (Lipinski definition) is 4. The molecule has 0 unspecified atom stereocenters. The van der Waals surface area contributed by atoms with Crippen LogP contribution in [-0.4, -0.2) is 24.4 Å². The van der Waals surface area contributed by atoms with Gasteiger partial charge in [0.05, 0.1) is 19.9 Å². The van der Waals surface area contributed by atoms with E-state index in [0.29, 0.717) is 23.6 Å². The van der Waals surface area contributed by atoms with Gasteiger partial charge in [0, 0.05) is 12.7 Å². The number of aromatic nitrogens is 2. The van der Waals surface area contributed by atoms with Gasteiger partial charge in [0.15, 0.2) is 11.6 Å². The number of benzene rings is 1. The van der Waals surface area contributed by atoms with Gasteiger partial charge in [-0.05, 0) is 23.3 Å². The van der Waals surface area contributed by atoms with Gasteiger partial charge in [-0.15, -0.1) is 0 Å². The van der Waals surface area contributed by atoms with E-state index in [-0.39, 0.29) is 5.75 Å². The average Bonchev–Trinajstić information content (AvgIpc) is 2.77. The van der Waals surface area contributed by atoms with Crippen LogP contribution in [0.15, 0.2) is 18.3 Å². The minimum Gasteiger partial charge on any atom is -0.494 e. The van der Waals surface area contributed by atoms with Crippen LogP contribution in [0.3, 0.4) is 0 Å². The number of nitrogens with one attached hydrogen (secondary N) is 1. The standard InChI is InChI=1S/C12H14FN3O2/c1-17-6-7-3-11(18-2)10(13)4-8(7)9-5-15-16-12(9)14/h3-5H,6H2,1-2H3,(H3,14,15,16). The molecule has 2 aromatic rings. The van der Waals surface area contributed by atoms with Crippen molar-refractivity contribution in [3.63, 3.8) is 0 Å². The maximum absolute atomic E-state index is 13.8. The normalized spacial score (nSPS) is 10.6. The Bertz CT molecular complexity index is 554. The SMILES string of the molecule is COCc1cc(OC)c(F)cc1-c1cn[nH]c1N. The predicted octanol–water partition coefficient (Wildman–Crippen LogP) is 1.95. The zero-order valence-electron chi connectivity index (χ0n) is 10.2. The first-order chi connectivity index (χ1) is 8.67. The lowest BCUT2D eigenvalue weighted by Gasteiger charge is -2.11. The van der Waals surface area contributed by atoms with Gasteiger partial charge in [0.2, 0.25) is 0 Å². The zero-order chi connectivity index (χ0) is 13.1. The number of nitrogens with zero attached hydrogens (tertiary/aromatic N) is 1. The largest absolute Gasteiger partial charge is 0.494 e. The van der Waals surface area contributed by atoms with E-state index in [2.05, 4.69) is 10.2 Å². The summed E-state index contributed by atoms with van der Waals surface area (Å²) >= 11 is 0. The number of rotatable bonds is 4. The topological polar surface area (TPSA) is 73.2 Å². The number of ether oxygens (including phenoxy) is 2. The summed E-state index contributed by atoms with van der Waals surface area (Å²) in [4.78, 5) is 0. The molecule has 0 amide bonds. The minimum atomic E-state index is -0.451. The Hall–Kier alpha value is -2.08. The van der Waals surface area contributed by atoms with E-state index >= 15 is 0 Å². The van der Waals surface area contributed by atoms with Gasteiger partial charge in [-0.3, -0.25) is 5.10 Å². The molecular weight excluding hydrogens is 237 g/mol. The first-order valence-corrected chi connectivity index (χ1v) is 5.32. The second-order valence-corrected chi connectivity index (χ2v) is 3.77. The number of nitrogen functional groups attached to an aromatic ring is 1. The molecule has 0 aliphatic heterocycles. The highest BCUT2D eigenvalue weighted by atomic mass is 19.1. The number of nitrogens with two attached hydrogens (primary N) is 1. The lowest BCUT2D eigenvalue weighted by molar-refractivity contribution is 0.185. The third kappa shape index (κ3) is 2.14. The summed E-state index contributed by atoms with van der Waals surface area (Å²) in [6.07, 6.45) is 1.55. The quantitative estimate of drug-likeness (QED) is 0.871. The van der Waals surface area contributed by atoms with E-state index in [1.165, 1.54) is 13.2 Å². The van der Waals surface area contributed by atoms with E-state index in [1.807, 2.05) is 0 Å². The van der Waals surface area contributed by atoms with Crippen LogP contribution in [-0.2, 0) is 11.3 Å². The van der Waals surface area contributed by atoms with Gasteiger partial charge in [0.1, 0.15) is 5.82 Å². The minimum absolute atomic E-state index is 0.174. The summed E-state index contributed by atoms with van der Waals surface area (Å²) in [7, 11) is 2.99. The van der Waals surface area contributed by atoms with Crippen molar-refractivity contribution >= 4 is 5.82 Å². The van der Waals surface area contributed by atoms with Crippen LogP contribution in [0.5, 0.6) is 5.75 Å². The fourth-order valence-electron chi connectivity index (χ4n) is 1.79. The molecule has 2 rings (SSSR count). The van der Waals surface area contributed by atoms with Gasteiger partial charge >= 0.3 is 0 Å². The lowest BCUT2D eigenvalue weighted by atomic mass is 10.0. The molecule has 1 aromatic heterocycles. The highest BCUT2D eigenvalue weighted by molar-refractivity contribution is 5.76. The fourth-order valence-corrected chi connectivity index (χ4v) is 1.79. The van der Waals surface area contributed by atoms with Gasteiger partial charge in [0.25, 0.3) is 0 Å². The molecule has 96 valence electrons. The van der Waals surface area contributed by atoms with Crippen molar-refractivity contribution in [2.24, 2.45) is 0 Å². The predicted molar refractivity (Wildman–Crippen MR) is 65.7 cm³/mol. The van der Waals surface area contributed by atoms with Crippen molar-refractivity contribution in [1.29, 1.82) is 0 Å². The Labute approximate surface area is 104 Å². The molecular formula is C12H14FN3O2. The second kappa shape index (κ2) is 5.05. The molecule has 0 saturated carbocycles. The zero-order valence-corrected chi connectivity index (χ0v) is 10.2. The van der Waals surface area contributed by atoms with Crippen molar-refractivity contribution in [1.82, 2.24) is 10.2 Å².